The molecule has 0 saturated carbocycles. The first kappa shape index (κ1) is 24.7. The Bertz CT molecular complexity index is 1380. The van der Waals surface area contributed by atoms with E-state index < -0.39 is 5.97 Å². The number of nitrogens with one attached hydrogen (secondary N) is 1. The number of thioether (sulfide) groups is 1. The zero-order chi connectivity index (χ0) is 25.3. The molecule has 1 fully saturated rings. The maximum Gasteiger partial charge on any atom is 0.313 e. The second-order valence-electron chi connectivity index (χ2n) is 9.15. The molecule has 0 spiro atoms. The summed E-state index contributed by atoms with van der Waals surface area (Å²) in [6, 6.07) is 18.1. The molecule has 0 atom stereocenters. The van der Waals surface area contributed by atoms with Gasteiger partial charge in [0.2, 0.25) is 0 Å². The van der Waals surface area contributed by atoms with Gasteiger partial charge in [0.25, 0.3) is 0 Å². The molecule has 10 heteroatoms. The van der Waals surface area contributed by atoms with Gasteiger partial charge in [0, 0.05) is 30.6 Å². The lowest BCUT2D eigenvalue weighted by Crippen LogP contribution is -2.59. The molecule has 1 aliphatic rings. The molecule has 186 valence electrons. The molecular formula is C26H25ClN4O4S. The Balaban J connectivity index is 1.28. The van der Waals surface area contributed by atoms with Gasteiger partial charge in [-0.3, -0.25) is 9.69 Å². The van der Waals surface area contributed by atoms with E-state index in [1.807, 2.05) is 24.3 Å². The lowest BCUT2D eigenvalue weighted by atomic mass is 9.81. The number of benzene rings is 2. The summed E-state index contributed by atoms with van der Waals surface area (Å²) in [5.41, 5.74) is 5.60. The van der Waals surface area contributed by atoms with Crippen LogP contribution < -0.4 is 0 Å². The third-order valence-corrected chi connectivity index (χ3v) is 7.52. The van der Waals surface area contributed by atoms with E-state index in [2.05, 4.69) is 44.1 Å². The summed E-state index contributed by atoms with van der Waals surface area (Å²) in [4.78, 5) is 25.1. The number of aromatic nitrogens is 3. The number of likely N-dealkylation sites (tertiary alicyclic amines) is 1. The molecule has 0 bridgehead atoms. The van der Waals surface area contributed by atoms with Crippen molar-refractivity contribution in [1.29, 1.82) is 0 Å². The Morgan fingerprint density at radius 3 is 2.22 bits per heavy atom. The molecule has 0 aliphatic carbocycles. The van der Waals surface area contributed by atoms with Crippen LogP contribution in [0.3, 0.4) is 0 Å². The molecule has 3 heterocycles. The van der Waals surface area contributed by atoms with Crippen molar-refractivity contribution in [2.24, 2.45) is 5.41 Å². The number of carbonyl (C=O) groups is 1. The summed E-state index contributed by atoms with van der Waals surface area (Å²) in [6.45, 7) is 2.21. The van der Waals surface area contributed by atoms with Gasteiger partial charge in [0.05, 0.1) is 35.2 Å². The van der Waals surface area contributed by atoms with Gasteiger partial charge in [-0.25, -0.2) is 9.97 Å². The molecule has 36 heavy (non-hydrogen) atoms. The third-order valence-electron chi connectivity index (χ3n) is 6.38. The van der Waals surface area contributed by atoms with Gasteiger partial charge >= 0.3 is 5.97 Å². The number of aromatic amines is 1. The maximum absolute atomic E-state index is 10.8. The molecule has 2 aromatic carbocycles. The van der Waals surface area contributed by atoms with Gasteiger partial charge in [0.15, 0.2) is 10.8 Å². The van der Waals surface area contributed by atoms with Gasteiger partial charge in [-0.1, -0.05) is 71.9 Å². The number of aliphatic carboxylic acids is 1. The van der Waals surface area contributed by atoms with Crippen molar-refractivity contribution in [2.75, 3.05) is 32.1 Å². The molecule has 0 amide bonds. The molecule has 4 N–H and O–H groups in total. The van der Waals surface area contributed by atoms with E-state index in [4.69, 9.17) is 16.7 Å². The third kappa shape index (κ3) is 5.11. The number of carboxylic acids is 1. The topological polar surface area (TPSA) is 123 Å². The van der Waals surface area contributed by atoms with E-state index in [1.165, 1.54) is 5.56 Å². The Hall–Kier alpha value is -2.95. The number of hydrogen-bond acceptors (Lipinski definition) is 7. The number of aliphatic hydroxyl groups is 2. The Labute approximate surface area is 217 Å². The van der Waals surface area contributed by atoms with Crippen molar-refractivity contribution in [3.63, 3.8) is 0 Å². The van der Waals surface area contributed by atoms with Crippen LogP contribution in [0.2, 0.25) is 5.02 Å². The summed E-state index contributed by atoms with van der Waals surface area (Å²) >= 11 is 7.60. The van der Waals surface area contributed by atoms with Crippen LogP contribution in [0, 0.1) is 5.41 Å². The van der Waals surface area contributed by atoms with Crippen LogP contribution in [0.5, 0.6) is 0 Å². The smallest absolute Gasteiger partial charge is 0.313 e. The van der Waals surface area contributed by atoms with Crippen LogP contribution in [-0.2, 0) is 11.3 Å². The lowest BCUT2D eigenvalue weighted by Gasteiger charge is -2.48. The van der Waals surface area contributed by atoms with Crippen LogP contribution in [0.1, 0.15) is 5.56 Å². The summed E-state index contributed by atoms with van der Waals surface area (Å²) in [5.74, 6) is -1.000. The first-order valence-electron chi connectivity index (χ1n) is 11.4. The zero-order valence-electron chi connectivity index (χ0n) is 19.3. The molecule has 0 radical (unpaired) electrons. The molecule has 8 nitrogen and oxygen atoms in total. The molecule has 2 aromatic heterocycles. The predicted molar refractivity (Wildman–Crippen MR) is 140 cm³/mol. The Morgan fingerprint density at radius 2 is 1.61 bits per heavy atom. The zero-order valence-corrected chi connectivity index (χ0v) is 20.9. The highest BCUT2D eigenvalue weighted by Gasteiger charge is 2.41. The highest BCUT2D eigenvalue weighted by atomic mass is 35.5. The molecule has 0 unspecified atom stereocenters. The van der Waals surface area contributed by atoms with Crippen LogP contribution in [0.25, 0.3) is 33.5 Å². The second-order valence-corrected chi connectivity index (χ2v) is 10.5. The fourth-order valence-corrected chi connectivity index (χ4v) is 5.30. The van der Waals surface area contributed by atoms with Crippen molar-refractivity contribution in [3.8, 4) is 22.4 Å². The largest absolute Gasteiger partial charge is 0.481 e. The SMILES string of the molecule is O=C(O)CSc1nc2nc(-c3ccc(-c4ccc(CN5CC(CO)(CO)C5)cc4)cc3)c(Cl)cc2[nH]1. The molecule has 1 saturated heterocycles. The highest BCUT2D eigenvalue weighted by Crippen LogP contribution is 2.33. The van der Waals surface area contributed by atoms with Crippen molar-refractivity contribution < 1.29 is 20.1 Å². The minimum atomic E-state index is -0.912. The number of rotatable bonds is 9. The summed E-state index contributed by atoms with van der Waals surface area (Å²) in [7, 11) is 0. The van der Waals surface area contributed by atoms with E-state index in [1.54, 1.807) is 6.07 Å². The van der Waals surface area contributed by atoms with E-state index in [0.29, 0.717) is 40.1 Å². The number of H-pyrrole nitrogens is 1. The maximum atomic E-state index is 10.8. The van der Waals surface area contributed by atoms with Crippen molar-refractivity contribution in [3.05, 3.63) is 65.2 Å². The fourth-order valence-electron chi connectivity index (χ4n) is 4.44. The number of carboxylic acid groups (broad SMARTS) is 1. The van der Waals surface area contributed by atoms with Gasteiger partial charge < -0.3 is 20.3 Å². The average molecular weight is 525 g/mol. The lowest BCUT2D eigenvalue weighted by molar-refractivity contribution is -0.133. The standard InChI is InChI=1S/C26H25ClN4O4S/c27-20-9-21-24(30-25(28-21)36-11-22(34)35)29-23(20)19-7-5-18(6-8-19)17-3-1-16(2-4-17)10-31-12-26(13-31,14-32)15-33/h1-9,32-33H,10-15H2,(H,34,35)(H,28,29,30). The normalized spacial score (nSPS) is 15.2. The Morgan fingerprint density at radius 1 is 1.00 bits per heavy atom. The van der Waals surface area contributed by atoms with Crippen molar-refractivity contribution in [1.82, 2.24) is 19.9 Å². The van der Waals surface area contributed by atoms with Gasteiger partial charge in [-0.15, -0.1) is 0 Å². The predicted octanol–water partition coefficient (Wildman–Crippen LogP) is 3.91. The van der Waals surface area contributed by atoms with Gasteiger partial charge in [-0.2, -0.15) is 0 Å². The van der Waals surface area contributed by atoms with Gasteiger partial charge in [-0.05, 0) is 22.8 Å². The highest BCUT2D eigenvalue weighted by molar-refractivity contribution is 7.99. The minimum Gasteiger partial charge on any atom is -0.481 e. The summed E-state index contributed by atoms with van der Waals surface area (Å²) in [6.07, 6.45) is 0. The van der Waals surface area contributed by atoms with E-state index >= 15 is 0 Å². The van der Waals surface area contributed by atoms with E-state index in [-0.39, 0.29) is 24.4 Å². The first-order valence-corrected chi connectivity index (χ1v) is 12.8. The average Bonchev–Trinajstić information content (AvgIpc) is 3.26. The molecule has 1 aliphatic heterocycles. The molecule has 4 aromatic rings. The van der Waals surface area contributed by atoms with E-state index in [9.17, 15) is 15.0 Å². The van der Waals surface area contributed by atoms with Crippen LogP contribution in [-0.4, -0.2) is 73.2 Å². The number of halogens is 1. The number of fused-ring (bicyclic) bond motifs is 1. The minimum absolute atomic E-state index is 0.0120. The van der Waals surface area contributed by atoms with Gasteiger partial charge in [0.1, 0.15) is 0 Å². The van der Waals surface area contributed by atoms with Crippen LogP contribution >= 0.6 is 23.4 Å². The first-order chi connectivity index (χ1) is 17.4. The fraction of sp³-hybridized carbons (Fsp3) is 0.269. The number of pyridine rings is 1. The quantitative estimate of drug-likeness (QED) is 0.243. The molecule has 5 rings (SSSR count). The van der Waals surface area contributed by atoms with Crippen molar-refractivity contribution >= 4 is 40.5 Å². The number of hydrogen-bond donors (Lipinski definition) is 4. The number of nitrogens with zero attached hydrogens (tertiary/aromatic N) is 3. The van der Waals surface area contributed by atoms with Crippen LogP contribution in [0.4, 0.5) is 0 Å². The van der Waals surface area contributed by atoms with Crippen molar-refractivity contribution in [2.45, 2.75) is 11.7 Å². The van der Waals surface area contributed by atoms with E-state index in [0.717, 1.165) is 35.0 Å². The summed E-state index contributed by atoms with van der Waals surface area (Å²) in [5, 5.41) is 28.7. The molecular weight excluding hydrogens is 500 g/mol. The number of aliphatic hydroxyl groups excluding tert-OH is 2. The second kappa shape index (κ2) is 10.2. The summed E-state index contributed by atoms with van der Waals surface area (Å²) < 4.78 is 0. The number of imidazole rings is 1. The monoisotopic (exact) mass is 524 g/mol. The Kier molecular flexibility index (Phi) is 7.00. The van der Waals surface area contributed by atoms with Crippen LogP contribution in [0.15, 0.2) is 59.8 Å².